The second-order valence-electron chi connectivity index (χ2n) is 5.30. The van der Waals surface area contributed by atoms with Crippen LogP contribution in [0.2, 0.25) is 0 Å². The van der Waals surface area contributed by atoms with Crippen LogP contribution < -0.4 is 10.1 Å². The van der Waals surface area contributed by atoms with Crippen molar-refractivity contribution >= 4 is 0 Å². The van der Waals surface area contributed by atoms with Crippen molar-refractivity contribution in [2.75, 3.05) is 33.3 Å². The molecule has 6 nitrogen and oxygen atoms in total. The third kappa shape index (κ3) is 3.61. The summed E-state index contributed by atoms with van der Waals surface area (Å²) in [6.45, 7) is 3.17. The van der Waals surface area contributed by atoms with Crippen molar-refractivity contribution in [2.24, 2.45) is 0 Å². The highest BCUT2D eigenvalue weighted by Crippen LogP contribution is 2.18. The molecule has 118 valence electrons. The molecule has 0 aliphatic carbocycles. The van der Waals surface area contributed by atoms with Gasteiger partial charge >= 0.3 is 0 Å². The second-order valence-corrected chi connectivity index (χ2v) is 5.30. The molecule has 1 fully saturated rings. The summed E-state index contributed by atoms with van der Waals surface area (Å²) in [5.74, 6) is 1.60. The number of likely N-dealkylation sites (N-methyl/N-ethyl adjacent to an activating group) is 1. The lowest BCUT2D eigenvalue weighted by Crippen LogP contribution is -2.44. The Balaban J connectivity index is 1.52. The van der Waals surface area contributed by atoms with Gasteiger partial charge in [0.05, 0.1) is 19.1 Å². The SMILES string of the molecule is CN1CCNCC1c1noc(CCOc2ccc(F)cc2)n1. The molecule has 1 aliphatic rings. The zero-order valence-corrected chi connectivity index (χ0v) is 12.5. The Morgan fingerprint density at radius 1 is 1.41 bits per heavy atom. The zero-order valence-electron chi connectivity index (χ0n) is 12.5. The van der Waals surface area contributed by atoms with Crippen LogP contribution in [0.5, 0.6) is 5.75 Å². The van der Waals surface area contributed by atoms with Crippen LogP contribution in [-0.4, -0.2) is 48.3 Å². The number of halogens is 1. The van der Waals surface area contributed by atoms with Gasteiger partial charge in [0.1, 0.15) is 11.6 Å². The van der Waals surface area contributed by atoms with Gasteiger partial charge in [-0.15, -0.1) is 0 Å². The van der Waals surface area contributed by atoms with E-state index < -0.39 is 0 Å². The van der Waals surface area contributed by atoms with Crippen molar-refractivity contribution in [1.29, 1.82) is 0 Å². The maximum Gasteiger partial charge on any atom is 0.230 e. The van der Waals surface area contributed by atoms with E-state index in [9.17, 15) is 4.39 Å². The van der Waals surface area contributed by atoms with E-state index in [-0.39, 0.29) is 11.9 Å². The number of rotatable bonds is 5. The van der Waals surface area contributed by atoms with Gasteiger partial charge in [0.2, 0.25) is 5.89 Å². The highest BCUT2D eigenvalue weighted by atomic mass is 19.1. The number of aromatic nitrogens is 2. The second kappa shape index (κ2) is 6.85. The van der Waals surface area contributed by atoms with E-state index in [0.29, 0.717) is 30.5 Å². The molecule has 0 bridgehead atoms. The number of nitrogens with zero attached hydrogens (tertiary/aromatic N) is 3. The summed E-state index contributed by atoms with van der Waals surface area (Å²) in [4.78, 5) is 6.64. The molecule has 0 saturated carbocycles. The summed E-state index contributed by atoms with van der Waals surface area (Å²) in [6.07, 6.45) is 0.522. The molecular formula is C15H19FN4O2. The lowest BCUT2D eigenvalue weighted by Gasteiger charge is -2.30. The van der Waals surface area contributed by atoms with Gasteiger partial charge in [-0.25, -0.2) is 4.39 Å². The molecule has 1 unspecified atom stereocenters. The smallest absolute Gasteiger partial charge is 0.230 e. The fourth-order valence-corrected chi connectivity index (χ4v) is 2.39. The van der Waals surface area contributed by atoms with Crippen LogP contribution in [0.3, 0.4) is 0 Å². The molecule has 1 saturated heterocycles. The van der Waals surface area contributed by atoms with Crippen LogP contribution in [0.25, 0.3) is 0 Å². The average molecular weight is 306 g/mol. The van der Waals surface area contributed by atoms with Gasteiger partial charge in [-0.05, 0) is 31.3 Å². The highest BCUT2D eigenvalue weighted by Gasteiger charge is 2.25. The summed E-state index contributed by atoms with van der Waals surface area (Å²) < 4.78 is 23.6. The fourth-order valence-electron chi connectivity index (χ4n) is 2.39. The molecule has 7 heteroatoms. The van der Waals surface area contributed by atoms with Gasteiger partial charge in [-0.1, -0.05) is 5.16 Å². The van der Waals surface area contributed by atoms with E-state index in [1.807, 2.05) is 0 Å². The van der Waals surface area contributed by atoms with Crippen LogP contribution in [0, 0.1) is 5.82 Å². The first-order valence-electron chi connectivity index (χ1n) is 7.34. The molecule has 1 N–H and O–H groups in total. The first-order valence-corrected chi connectivity index (χ1v) is 7.34. The molecule has 1 aromatic heterocycles. The van der Waals surface area contributed by atoms with Crippen molar-refractivity contribution in [3.05, 3.63) is 41.8 Å². The predicted molar refractivity (Wildman–Crippen MR) is 78.1 cm³/mol. The molecule has 3 rings (SSSR count). The number of ether oxygens (including phenoxy) is 1. The van der Waals surface area contributed by atoms with Gasteiger partial charge in [0.15, 0.2) is 5.82 Å². The maximum absolute atomic E-state index is 12.8. The van der Waals surface area contributed by atoms with Crippen molar-refractivity contribution in [3.8, 4) is 5.75 Å². The minimum atomic E-state index is -0.279. The molecule has 1 aliphatic heterocycles. The van der Waals surface area contributed by atoms with E-state index in [4.69, 9.17) is 9.26 Å². The number of hydrogen-bond donors (Lipinski definition) is 1. The molecule has 2 aromatic rings. The standard InChI is InChI=1S/C15H19FN4O2/c1-20-8-7-17-10-13(20)15-18-14(22-19-15)6-9-21-12-4-2-11(16)3-5-12/h2-5,13,17H,6-10H2,1H3. The van der Waals surface area contributed by atoms with Gasteiger partial charge in [0.25, 0.3) is 0 Å². The Kier molecular flexibility index (Phi) is 4.65. The summed E-state index contributed by atoms with van der Waals surface area (Å²) in [5.41, 5.74) is 0. The zero-order chi connectivity index (χ0) is 15.4. The van der Waals surface area contributed by atoms with Crippen LogP contribution in [-0.2, 0) is 6.42 Å². The molecule has 1 atom stereocenters. The minimum Gasteiger partial charge on any atom is -0.493 e. The molecule has 0 spiro atoms. The van der Waals surface area contributed by atoms with Crippen LogP contribution in [0.1, 0.15) is 17.8 Å². The van der Waals surface area contributed by atoms with E-state index in [2.05, 4.69) is 27.4 Å². The quantitative estimate of drug-likeness (QED) is 0.901. The van der Waals surface area contributed by atoms with E-state index >= 15 is 0 Å². The largest absolute Gasteiger partial charge is 0.493 e. The molecular weight excluding hydrogens is 287 g/mol. The molecule has 0 radical (unpaired) electrons. The number of hydrogen-bond acceptors (Lipinski definition) is 6. The van der Waals surface area contributed by atoms with Crippen molar-refractivity contribution in [1.82, 2.24) is 20.4 Å². The Morgan fingerprint density at radius 2 is 2.23 bits per heavy atom. The van der Waals surface area contributed by atoms with Gasteiger partial charge < -0.3 is 14.6 Å². The maximum atomic E-state index is 12.8. The Labute approximate surface area is 128 Å². The molecule has 0 amide bonds. The molecule has 22 heavy (non-hydrogen) atoms. The van der Waals surface area contributed by atoms with Crippen LogP contribution in [0.15, 0.2) is 28.8 Å². The first kappa shape index (κ1) is 14.9. The Morgan fingerprint density at radius 3 is 3.00 bits per heavy atom. The summed E-state index contributed by atoms with van der Waals surface area (Å²) in [5, 5.41) is 7.38. The van der Waals surface area contributed by atoms with Crippen molar-refractivity contribution < 1.29 is 13.7 Å². The lowest BCUT2D eigenvalue weighted by atomic mass is 10.2. The number of benzene rings is 1. The van der Waals surface area contributed by atoms with E-state index in [0.717, 1.165) is 19.6 Å². The van der Waals surface area contributed by atoms with Crippen molar-refractivity contribution in [3.63, 3.8) is 0 Å². The normalized spacial score (nSPS) is 19.3. The summed E-state index contributed by atoms with van der Waals surface area (Å²) >= 11 is 0. The fraction of sp³-hybridized carbons (Fsp3) is 0.467. The van der Waals surface area contributed by atoms with Gasteiger partial charge in [-0.2, -0.15) is 4.98 Å². The third-order valence-corrected chi connectivity index (χ3v) is 3.69. The molecule has 2 heterocycles. The Bertz CT molecular complexity index is 602. The summed E-state index contributed by atoms with van der Waals surface area (Å²) in [7, 11) is 2.05. The monoisotopic (exact) mass is 306 g/mol. The third-order valence-electron chi connectivity index (χ3n) is 3.69. The predicted octanol–water partition coefficient (Wildman–Crippen LogP) is 1.41. The van der Waals surface area contributed by atoms with E-state index in [1.54, 1.807) is 12.1 Å². The van der Waals surface area contributed by atoms with Crippen molar-refractivity contribution in [2.45, 2.75) is 12.5 Å². The van der Waals surface area contributed by atoms with E-state index in [1.165, 1.54) is 12.1 Å². The topological polar surface area (TPSA) is 63.4 Å². The van der Waals surface area contributed by atoms with Gasteiger partial charge in [-0.3, -0.25) is 4.90 Å². The molecule has 1 aromatic carbocycles. The van der Waals surface area contributed by atoms with Crippen LogP contribution in [0.4, 0.5) is 4.39 Å². The number of piperazine rings is 1. The Hall–Kier alpha value is -1.99. The highest BCUT2D eigenvalue weighted by molar-refractivity contribution is 5.22. The first-order chi connectivity index (χ1) is 10.7. The summed E-state index contributed by atoms with van der Waals surface area (Å²) in [6, 6.07) is 6.07. The lowest BCUT2D eigenvalue weighted by molar-refractivity contribution is 0.190. The van der Waals surface area contributed by atoms with Gasteiger partial charge in [0, 0.05) is 19.6 Å². The minimum absolute atomic E-state index is 0.143. The number of nitrogens with one attached hydrogen (secondary N) is 1. The average Bonchev–Trinajstić information content (AvgIpc) is 2.98. The van der Waals surface area contributed by atoms with Crippen LogP contribution >= 0.6 is 0 Å².